The molecule has 3 aromatic rings. The molecule has 1 saturated heterocycles. The van der Waals surface area contributed by atoms with E-state index in [0.717, 1.165) is 27.3 Å². The van der Waals surface area contributed by atoms with E-state index in [1.807, 2.05) is 48.2 Å². The van der Waals surface area contributed by atoms with Crippen LogP contribution in [0.3, 0.4) is 0 Å². The highest BCUT2D eigenvalue weighted by Crippen LogP contribution is 2.22. The fraction of sp³-hybridized carbons (Fsp3) is 0.350. The number of piperazine rings is 1. The number of carbonyl (C=O) groups excluding carboxylic acids is 1. The Kier molecular flexibility index (Phi) is 6.27. The zero-order chi connectivity index (χ0) is 20.2. The number of nitrogens with one attached hydrogen (secondary N) is 1. The first-order valence-corrected chi connectivity index (χ1v) is 11.1. The van der Waals surface area contributed by atoms with E-state index in [4.69, 9.17) is 4.52 Å². The highest BCUT2D eigenvalue weighted by atomic mass is 79.9. The van der Waals surface area contributed by atoms with Gasteiger partial charge in [0.05, 0.1) is 16.9 Å². The first kappa shape index (κ1) is 20.1. The van der Waals surface area contributed by atoms with Crippen molar-refractivity contribution in [2.45, 2.75) is 20.0 Å². The van der Waals surface area contributed by atoms with E-state index in [9.17, 15) is 4.79 Å². The number of hydrogen-bond acceptors (Lipinski definition) is 6. The Morgan fingerprint density at radius 3 is 2.62 bits per heavy atom. The number of halogens is 1. The van der Waals surface area contributed by atoms with Crippen molar-refractivity contribution >= 4 is 33.3 Å². The van der Waals surface area contributed by atoms with Gasteiger partial charge in [0.1, 0.15) is 0 Å². The SMILES string of the molecule is Cc1ccc(-c2noc(CN3CCN(C(=O)NCc4ccc(Br)s4)CC3)n2)cc1. The fourth-order valence-corrected chi connectivity index (χ4v) is 4.58. The Balaban J connectivity index is 1.24. The monoisotopic (exact) mass is 475 g/mol. The number of hydrogen-bond donors (Lipinski definition) is 1. The summed E-state index contributed by atoms with van der Waals surface area (Å²) in [4.78, 5) is 22.1. The van der Waals surface area contributed by atoms with Gasteiger partial charge in [0, 0.05) is 36.6 Å². The first-order chi connectivity index (χ1) is 14.1. The van der Waals surface area contributed by atoms with Gasteiger partial charge in [-0.15, -0.1) is 11.3 Å². The second kappa shape index (κ2) is 9.06. The Morgan fingerprint density at radius 2 is 1.93 bits per heavy atom. The molecule has 0 radical (unpaired) electrons. The van der Waals surface area contributed by atoms with E-state index in [1.54, 1.807) is 11.3 Å². The second-order valence-electron chi connectivity index (χ2n) is 7.01. The van der Waals surface area contributed by atoms with Gasteiger partial charge >= 0.3 is 6.03 Å². The van der Waals surface area contributed by atoms with E-state index in [-0.39, 0.29) is 6.03 Å². The lowest BCUT2D eigenvalue weighted by atomic mass is 10.1. The highest BCUT2D eigenvalue weighted by Gasteiger charge is 2.22. The number of thiophene rings is 1. The predicted octanol–water partition coefficient (Wildman–Crippen LogP) is 3.90. The maximum absolute atomic E-state index is 12.4. The Labute approximate surface area is 181 Å². The summed E-state index contributed by atoms with van der Waals surface area (Å²) in [6, 6.07) is 12.1. The third kappa shape index (κ3) is 5.23. The van der Waals surface area contributed by atoms with E-state index >= 15 is 0 Å². The molecule has 0 atom stereocenters. The van der Waals surface area contributed by atoms with Crippen LogP contribution in [0.2, 0.25) is 0 Å². The van der Waals surface area contributed by atoms with Crippen LogP contribution in [0.15, 0.2) is 44.7 Å². The van der Waals surface area contributed by atoms with Crippen molar-refractivity contribution in [1.82, 2.24) is 25.3 Å². The summed E-state index contributed by atoms with van der Waals surface area (Å²) in [6.45, 7) is 6.11. The molecule has 7 nitrogen and oxygen atoms in total. The standard InChI is InChI=1S/C20H22BrN5O2S/c1-14-2-4-15(5-3-14)19-23-18(28-24-19)13-25-8-10-26(11-9-25)20(27)22-12-16-6-7-17(21)29-16/h2-7H,8-13H2,1H3,(H,22,27). The lowest BCUT2D eigenvalue weighted by molar-refractivity contribution is 0.126. The number of aromatic nitrogens is 2. The van der Waals surface area contributed by atoms with Crippen LogP contribution in [0, 0.1) is 6.92 Å². The second-order valence-corrected chi connectivity index (χ2v) is 9.55. The minimum absolute atomic E-state index is 0.0198. The molecule has 2 amide bonds. The number of rotatable bonds is 5. The molecule has 1 aliphatic rings. The summed E-state index contributed by atoms with van der Waals surface area (Å²) >= 11 is 5.07. The van der Waals surface area contributed by atoms with Crippen LogP contribution in [0.25, 0.3) is 11.4 Å². The summed E-state index contributed by atoms with van der Waals surface area (Å²) in [5, 5.41) is 7.08. The van der Waals surface area contributed by atoms with Crippen molar-refractivity contribution < 1.29 is 9.32 Å². The molecule has 0 saturated carbocycles. The van der Waals surface area contributed by atoms with Crippen LogP contribution in [0.5, 0.6) is 0 Å². The van der Waals surface area contributed by atoms with Gasteiger partial charge in [-0.3, -0.25) is 4.90 Å². The topological polar surface area (TPSA) is 74.5 Å². The molecule has 152 valence electrons. The van der Waals surface area contributed by atoms with Gasteiger partial charge < -0.3 is 14.7 Å². The van der Waals surface area contributed by atoms with Crippen molar-refractivity contribution in [1.29, 1.82) is 0 Å². The van der Waals surface area contributed by atoms with Crippen molar-refractivity contribution in [3.05, 3.63) is 56.5 Å². The van der Waals surface area contributed by atoms with Crippen LogP contribution in [-0.2, 0) is 13.1 Å². The van der Waals surface area contributed by atoms with Gasteiger partial charge in [0.15, 0.2) is 0 Å². The van der Waals surface area contributed by atoms with Gasteiger partial charge in [-0.2, -0.15) is 4.98 Å². The molecule has 0 spiro atoms. The average molecular weight is 476 g/mol. The van der Waals surface area contributed by atoms with Gasteiger partial charge in [0.25, 0.3) is 0 Å². The smallest absolute Gasteiger partial charge is 0.317 e. The fourth-order valence-electron chi connectivity index (χ4n) is 3.16. The van der Waals surface area contributed by atoms with Crippen molar-refractivity contribution in [2.24, 2.45) is 0 Å². The average Bonchev–Trinajstić information content (AvgIpc) is 3.36. The lowest BCUT2D eigenvalue weighted by Gasteiger charge is -2.33. The van der Waals surface area contributed by atoms with Crippen LogP contribution < -0.4 is 5.32 Å². The number of benzene rings is 1. The van der Waals surface area contributed by atoms with E-state index < -0.39 is 0 Å². The molecule has 0 unspecified atom stereocenters. The van der Waals surface area contributed by atoms with Gasteiger partial charge in [-0.1, -0.05) is 35.0 Å². The quantitative estimate of drug-likeness (QED) is 0.605. The molecule has 9 heteroatoms. The van der Waals surface area contributed by atoms with E-state index in [0.29, 0.717) is 37.9 Å². The molecular weight excluding hydrogens is 454 g/mol. The predicted molar refractivity (Wildman–Crippen MR) is 116 cm³/mol. The summed E-state index contributed by atoms with van der Waals surface area (Å²) in [7, 11) is 0. The number of aryl methyl sites for hydroxylation is 1. The van der Waals surface area contributed by atoms with E-state index in [1.165, 1.54) is 5.56 Å². The maximum atomic E-state index is 12.4. The maximum Gasteiger partial charge on any atom is 0.317 e. The molecule has 0 bridgehead atoms. The van der Waals surface area contributed by atoms with Gasteiger partial charge in [-0.25, -0.2) is 4.79 Å². The molecule has 1 fully saturated rings. The number of urea groups is 1. The van der Waals surface area contributed by atoms with Crippen LogP contribution in [0.4, 0.5) is 4.79 Å². The third-order valence-corrected chi connectivity index (χ3v) is 6.46. The number of nitrogens with zero attached hydrogens (tertiary/aromatic N) is 4. The summed E-state index contributed by atoms with van der Waals surface area (Å²) in [5.41, 5.74) is 2.15. The summed E-state index contributed by atoms with van der Waals surface area (Å²) in [5.74, 6) is 1.21. The van der Waals surface area contributed by atoms with Crippen molar-refractivity contribution in [3.8, 4) is 11.4 Å². The normalized spacial score (nSPS) is 14.9. The Bertz CT molecular complexity index is 963. The zero-order valence-corrected chi connectivity index (χ0v) is 18.5. The number of amides is 2. The Morgan fingerprint density at radius 1 is 1.17 bits per heavy atom. The molecule has 1 aliphatic heterocycles. The van der Waals surface area contributed by atoms with Crippen molar-refractivity contribution in [2.75, 3.05) is 26.2 Å². The minimum Gasteiger partial charge on any atom is -0.338 e. The molecule has 29 heavy (non-hydrogen) atoms. The molecule has 4 rings (SSSR count). The Hall–Kier alpha value is -2.23. The highest BCUT2D eigenvalue weighted by molar-refractivity contribution is 9.11. The summed E-state index contributed by atoms with van der Waals surface area (Å²) < 4.78 is 6.49. The molecule has 1 N–H and O–H groups in total. The minimum atomic E-state index is -0.0198. The lowest BCUT2D eigenvalue weighted by Crippen LogP contribution is -2.51. The summed E-state index contributed by atoms with van der Waals surface area (Å²) in [6.07, 6.45) is 0. The third-order valence-electron chi connectivity index (χ3n) is 4.84. The zero-order valence-electron chi connectivity index (χ0n) is 16.1. The molecular formula is C20H22BrN5O2S. The largest absolute Gasteiger partial charge is 0.338 e. The van der Waals surface area contributed by atoms with Crippen LogP contribution >= 0.6 is 27.3 Å². The van der Waals surface area contributed by atoms with Crippen LogP contribution in [-0.4, -0.2) is 52.2 Å². The number of carbonyl (C=O) groups is 1. The first-order valence-electron chi connectivity index (χ1n) is 9.46. The van der Waals surface area contributed by atoms with Crippen LogP contribution in [0.1, 0.15) is 16.3 Å². The molecule has 3 heterocycles. The van der Waals surface area contributed by atoms with Gasteiger partial charge in [-0.05, 0) is 35.0 Å². The molecule has 1 aromatic carbocycles. The van der Waals surface area contributed by atoms with Crippen molar-refractivity contribution in [3.63, 3.8) is 0 Å². The molecule has 2 aromatic heterocycles. The molecule has 0 aliphatic carbocycles. The van der Waals surface area contributed by atoms with E-state index in [2.05, 4.69) is 36.3 Å². The van der Waals surface area contributed by atoms with Gasteiger partial charge in [0.2, 0.25) is 11.7 Å².